The first-order valence-corrected chi connectivity index (χ1v) is 11.2. The van der Waals surface area contributed by atoms with Crippen LogP contribution in [0.5, 0.6) is 17.2 Å². The lowest BCUT2D eigenvalue weighted by atomic mass is 10.2. The number of carboxylic acid groups (broad SMARTS) is 1. The standard InChI is InChI=1S/C22H21Cl2N3O5S/c1-11(2)32-19-15(24)7-12(8-17(19)31-4)9-18(21(28)29)33-22-25-20(26-27-22)14-10-13(23)5-6-16(14)30-3/h5-11H,1-4H3,(H,28,29)(H,25,26,27)/b18-9-. The van der Waals surface area contributed by atoms with Crippen molar-refractivity contribution in [1.29, 1.82) is 0 Å². The Hall–Kier alpha value is -2.88. The van der Waals surface area contributed by atoms with E-state index >= 15 is 0 Å². The van der Waals surface area contributed by atoms with Gasteiger partial charge in [0.1, 0.15) is 10.7 Å². The van der Waals surface area contributed by atoms with Crippen molar-refractivity contribution < 1.29 is 24.1 Å². The molecule has 2 N–H and O–H groups in total. The number of halogens is 2. The summed E-state index contributed by atoms with van der Waals surface area (Å²) < 4.78 is 16.4. The minimum Gasteiger partial charge on any atom is -0.496 e. The van der Waals surface area contributed by atoms with Crippen LogP contribution in [0.25, 0.3) is 17.5 Å². The Morgan fingerprint density at radius 2 is 1.88 bits per heavy atom. The van der Waals surface area contributed by atoms with Gasteiger partial charge in [0.05, 0.1) is 30.9 Å². The molecule has 0 aliphatic heterocycles. The predicted octanol–water partition coefficient (Wildman–Crippen LogP) is 5.80. The molecule has 0 radical (unpaired) electrons. The van der Waals surface area contributed by atoms with E-state index in [-0.39, 0.29) is 16.2 Å². The number of carboxylic acids is 1. The molecule has 0 saturated carbocycles. The summed E-state index contributed by atoms with van der Waals surface area (Å²) in [4.78, 5) is 16.3. The quantitative estimate of drug-likeness (QED) is 0.275. The zero-order valence-electron chi connectivity index (χ0n) is 18.2. The Balaban J connectivity index is 1.92. The zero-order chi connectivity index (χ0) is 24.1. The van der Waals surface area contributed by atoms with Crippen LogP contribution in [-0.2, 0) is 4.79 Å². The molecule has 0 aliphatic carbocycles. The number of hydrogen-bond donors (Lipinski definition) is 2. The summed E-state index contributed by atoms with van der Waals surface area (Å²) in [5.74, 6) is 0.577. The number of aliphatic carboxylic acids is 1. The van der Waals surface area contributed by atoms with Gasteiger partial charge in [0.15, 0.2) is 17.3 Å². The molecule has 3 aromatic rings. The second-order valence-corrected chi connectivity index (χ2v) is 8.78. The average Bonchev–Trinajstić information content (AvgIpc) is 3.23. The first-order chi connectivity index (χ1) is 15.7. The van der Waals surface area contributed by atoms with Gasteiger partial charge < -0.3 is 19.3 Å². The SMILES string of the molecule is COc1ccc(Cl)cc1-c1nc(S/C(=C\c2cc(Cl)c(OC(C)C)c(OC)c2)C(=O)O)n[nH]1. The van der Waals surface area contributed by atoms with Crippen LogP contribution in [0.4, 0.5) is 0 Å². The molecule has 0 unspecified atom stereocenters. The fourth-order valence-corrected chi connectivity index (χ4v) is 3.98. The number of benzene rings is 2. The van der Waals surface area contributed by atoms with Crippen LogP contribution in [0.2, 0.25) is 10.0 Å². The molecular weight excluding hydrogens is 489 g/mol. The maximum absolute atomic E-state index is 11.9. The van der Waals surface area contributed by atoms with Gasteiger partial charge in [-0.1, -0.05) is 23.2 Å². The lowest BCUT2D eigenvalue weighted by molar-refractivity contribution is -0.131. The molecular formula is C22H21Cl2N3O5S. The van der Waals surface area contributed by atoms with E-state index in [1.54, 1.807) is 30.3 Å². The molecule has 11 heteroatoms. The topological polar surface area (TPSA) is 107 Å². The molecule has 0 spiro atoms. The van der Waals surface area contributed by atoms with Crippen LogP contribution >= 0.6 is 35.0 Å². The van der Waals surface area contributed by atoms with Crippen molar-refractivity contribution in [2.24, 2.45) is 0 Å². The van der Waals surface area contributed by atoms with E-state index in [1.807, 2.05) is 13.8 Å². The molecule has 174 valence electrons. The number of ether oxygens (including phenoxy) is 3. The van der Waals surface area contributed by atoms with Crippen molar-refractivity contribution in [2.75, 3.05) is 14.2 Å². The van der Waals surface area contributed by atoms with E-state index in [2.05, 4.69) is 15.2 Å². The molecule has 2 aromatic carbocycles. The second-order valence-electron chi connectivity index (χ2n) is 6.93. The summed E-state index contributed by atoms with van der Waals surface area (Å²) in [6, 6.07) is 8.33. The Bertz CT molecular complexity index is 1200. The Morgan fingerprint density at radius 3 is 2.52 bits per heavy atom. The number of aromatic amines is 1. The second kappa shape index (κ2) is 10.8. The van der Waals surface area contributed by atoms with E-state index in [4.69, 9.17) is 37.4 Å². The van der Waals surface area contributed by atoms with Crippen molar-refractivity contribution in [3.8, 4) is 28.6 Å². The van der Waals surface area contributed by atoms with Crippen molar-refractivity contribution in [1.82, 2.24) is 15.2 Å². The molecule has 3 rings (SSSR count). The van der Waals surface area contributed by atoms with E-state index < -0.39 is 5.97 Å². The number of H-pyrrole nitrogens is 1. The third-order valence-corrected chi connectivity index (χ3v) is 5.59. The maximum Gasteiger partial charge on any atom is 0.342 e. The van der Waals surface area contributed by atoms with E-state index in [0.29, 0.717) is 44.2 Å². The normalized spacial score (nSPS) is 11.5. The Morgan fingerprint density at radius 1 is 1.15 bits per heavy atom. The Labute approximate surface area is 204 Å². The number of aromatic nitrogens is 3. The van der Waals surface area contributed by atoms with Gasteiger partial charge in [0.25, 0.3) is 0 Å². The molecule has 0 aliphatic rings. The highest BCUT2D eigenvalue weighted by Crippen LogP contribution is 2.39. The summed E-state index contributed by atoms with van der Waals surface area (Å²) in [5.41, 5.74) is 1.12. The number of hydrogen-bond acceptors (Lipinski definition) is 7. The molecule has 1 heterocycles. The number of thioether (sulfide) groups is 1. The van der Waals surface area contributed by atoms with Crippen molar-refractivity contribution in [3.63, 3.8) is 0 Å². The smallest absolute Gasteiger partial charge is 0.342 e. The van der Waals surface area contributed by atoms with Crippen molar-refractivity contribution in [2.45, 2.75) is 25.1 Å². The summed E-state index contributed by atoms with van der Waals surface area (Å²) in [5, 5.41) is 17.6. The zero-order valence-corrected chi connectivity index (χ0v) is 20.5. The minimum absolute atomic E-state index is 0.0192. The lowest BCUT2D eigenvalue weighted by Crippen LogP contribution is -2.07. The predicted molar refractivity (Wildman–Crippen MR) is 129 cm³/mol. The van der Waals surface area contributed by atoms with Crippen LogP contribution in [0.3, 0.4) is 0 Å². The molecule has 0 atom stereocenters. The van der Waals surface area contributed by atoms with Gasteiger partial charge in [0, 0.05) is 5.02 Å². The number of nitrogens with one attached hydrogen (secondary N) is 1. The van der Waals surface area contributed by atoms with E-state index in [9.17, 15) is 9.90 Å². The highest BCUT2D eigenvalue weighted by molar-refractivity contribution is 8.04. The van der Waals surface area contributed by atoms with Crippen LogP contribution < -0.4 is 14.2 Å². The van der Waals surface area contributed by atoms with Crippen LogP contribution in [0.15, 0.2) is 40.4 Å². The van der Waals surface area contributed by atoms with Gasteiger partial charge in [0.2, 0.25) is 5.16 Å². The van der Waals surface area contributed by atoms with Gasteiger partial charge in [-0.05, 0) is 67.6 Å². The molecule has 1 aromatic heterocycles. The Kier molecular flexibility index (Phi) is 8.12. The number of methoxy groups -OCH3 is 2. The van der Waals surface area contributed by atoms with Gasteiger partial charge in [-0.15, -0.1) is 5.10 Å². The highest BCUT2D eigenvalue weighted by atomic mass is 35.5. The number of rotatable bonds is 9. The largest absolute Gasteiger partial charge is 0.496 e. The third kappa shape index (κ3) is 6.13. The van der Waals surface area contributed by atoms with Gasteiger partial charge in [-0.3, -0.25) is 5.10 Å². The fraction of sp³-hybridized carbons (Fsp3) is 0.227. The van der Waals surface area contributed by atoms with Crippen LogP contribution in [-0.4, -0.2) is 46.6 Å². The third-order valence-electron chi connectivity index (χ3n) is 4.20. The first-order valence-electron chi connectivity index (χ1n) is 9.65. The molecule has 0 bridgehead atoms. The maximum atomic E-state index is 11.9. The van der Waals surface area contributed by atoms with Crippen LogP contribution in [0, 0.1) is 0 Å². The van der Waals surface area contributed by atoms with Gasteiger partial charge >= 0.3 is 5.97 Å². The highest BCUT2D eigenvalue weighted by Gasteiger charge is 2.18. The fourth-order valence-electron chi connectivity index (χ4n) is 2.84. The summed E-state index contributed by atoms with van der Waals surface area (Å²) >= 11 is 13.3. The molecule has 8 nitrogen and oxygen atoms in total. The summed E-state index contributed by atoms with van der Waals surface area (Å²) in [6.45, 7) is 3.74. The van der Waals surface area contributed by atoms with Crippen molar-refractivity contribution >= 4 is 47.0 Å². The lowest BCUT2D eigenvalue weighted by Gasteiger charge is -2.15. The van der Waals surface area contributed by atoms with E-state index in [0.717, 1.165) is 11.8 Å². The van der Waals surface area contributed by atoms with Gasteiger partial charge in [-0.2, -0.15) is 0 Å². The van der Waals surface area contributed by atoms with Crippen LogP contribution in [0.1, 0.15) is 19.4 Å². The molecule has 0 fully saturated rings. The minimum atomic E-state index is -1.15. The molecule has 0 amide bonds. The van der Waals surface area contributed by atoms with E-state index in [1.165, 1.54) is 20.3 Å². The van der Waals surface area contributed by atoms with Gasteiger partial charge in [-0.25, -0.2) is 9.78 Å². The average molecular weight is 510 g/mol. The summed E-state index contributed by atoms with van der Waals surface area (Å²) in [6.07, 6.45) is 1.34. The first kappa shape index (κ1) is 24.8. The molecule has 33 heavy (non-hydrogen) atoms. The monoisotopic (exact) mass is 509 g/mol. The number of nitrogens with zero attached hydrogens (tertiary/aromatic N) is 2. The number of carbonyl (C=O) groups is 1. The molecule has 0 saturated heterocycles. The van der Waals surface area contributed by atoms with Crippen molar-refractivity contribution in [3.05, 3.63) is 50.8 Å². The summed E-state index contributed by atoms with van der Waals surface area (Å²) in [7, 11) is 3.01.